The van der Waals surface area contributed by atoms with Gasteiger partial charge in [0.05, 0.1) is 5.56 Å². The Bertz CT molecular complexity index is 644. The summed E-state index contributed by atoms with van der Waals surface area (Å²) in [5.74, 6) is 0.0686. The molecule has 2 N–H and O–H groups in total. The van der Waals surface area contributed by atoms with Crippen LogP contribution in [0.1, 0.15) is 29.3 Å². The molecule has 0 atom stereocenters. The molecule has 0 bridgehead atoms. The number of para-hydroxylation sites is 1. The Labute approximate surface area is 142 Å². The molecule has 0 aliphatic carbocycles. The first-order chi connectivity index (χ1) is 11.7. The number of hydrogen-bond acceptors (Lipinski definition) is 3. The molecule has 0 saturated carbocycles. The summed E-state index contributed by atoms with van der Waals surface area (Å²) >= 11 is 0. The molecule has 0 heterocycles. The molecule has 0 saturated heterocycles. The zero-order valence-electron chi connectivity index (χ0n) is 13.8. The van der Waals surface area contributed by atoms with Crippen molar-refractivity contribution in [1.29, 1.82) is 0 Å². The van der Waals surface area contributed by atoms with Gasteiger partial charge >= 0.3 is 0 Å². The van der Waals surface area contributed by atoms with Gasteiger partial charge in [0.2, 0.25) is 0 Å². The van der Waals surface area contributed by atoms with E-state index in [2.05, 4.69) is 17.6 Å². The summed E-state index contributed by atoms with van der Waals surface area (Å²) in [6, 6.07) is 13.2. The van der Waals surface area contributed by atoms with E-state index in [1.54, 1.807) is 30.3 Å². The van der Waals surface area contributed by atoms with E-state index in [1.807, 2.05) is 6.07 Å². The first kappa shape index (κ1) is 17.9. The lowest BCUT2D eigenvalue weighted by molar-refractivity contribution is 0.0949. The van der Waals surface area contributed by atoms with Gasteiger partial charge in [0.1, 0.15) is 18.2 Å². The molecule has 0 aromatic heterocycles. The highest BCUT2D eigenvalue weighted by atomic mass is 19.1. The molecular formula is C19H23FN2O2. The van der Waals surface area contributed by atoms with E-state index >= 15 is 0 Å². The number of amides is 1. The van der Waals surface area contributed by atoms with Crippen LogP contribution in [0.25, 0.3) is 0 Å². The Morgan fingerprint density at radius 3 is 2.54 bits per heavy atom. The molecule has 2 aromatic carbocycles. The second kappa shape index (κ2) is 9.67. The van der Waals surface area contributed by atoms with Gasteiger partial charge in [-0.2, -0.15) is 0 Å². The molecule has 24 heavy (non-hydrogen) atoms. The van der Waals surface area contributed by atoms with Crippen LogP contribution in [0.4, 0.5) is 4.39 Å². The number of hydrogen-bond donors (Lipinski definition) is 2. The maximum atomic E-state index is 12.9. The Morgan fingerprint density at radius 1 is 1.04 bits per heavy atom. The van der Waals surface area contributed by atoms with E-state index in [0.717, 1.165) is 25.1 Å². The fourth-order valence-electron chi connectivity index (χ4n) is 2.18. The minimum absolute atomic E-state index is 0.164. The average molecular weight is 330 g/mol. The van der Waals surface area contributed by atoms with Gasteiger partial charge in [-0.15, -0.1) is 0 Å². The van der Waals surface area contributed by atoms with Gasteiger partial charge in [-0.05, 0) is 42.8 Å². The third-order valence-corrected chi connectivity index (χ3v) is 3.45. The number of halogens is 1. The fourth-order valence-corrected chi connectivity index (χ4v) is 2.18. The van der Waals surface area contributed by atoms with Crippen molar-refractivity contribution in [2.45, 2.75) is 20.0 Å². The number of carbonyl (C=O) groups is 1. The van der Waals surface area contributed by atoms with Gasteiger partial charge in [0.15, 0.2) is 0 Å². The summed E-state index contributed by atoms with van der Waals surface area (Å²) < 4.78 is 18.6. The summed E-state index contributed by atoms with van der Waals surface area (Å²) in [4.78, 5) is 12.3. The Balaban J connectivity index is 1.91. The highest BCUT2D eigenvalue weighted by Crippen LogP contribution is 2.19. The van der Waals surface area contributed by atoms with Gasteiger partial charge in [0, 0.05) is 13.1 Å². The number of carbonyl (C=O) groups excluding carboxylic acids is 1. The number of rotatable bonds is 9. The van der Waals surface area contributed by atoms with Gasteiger partial charge < -0.3 is 15.4 Å². The Hall–Kier alpha value is -2.40. The fraction of sp³-hybridized carbons (Fsp3) is 0.316. The van der Waals surface area contributed by atoms with E-state index in [9.17, 15) is 9.18 Å². The molecule has 0 radical (unpaired) electrons. The number of ether oxygens (including phenoxy) is 1. The van der Waals surface area contributed by atoms with Crippen molar-refractivity contribution >= 4 is 5.91 Å². The molecule has 0 unspecified atom stereocenters. The van der Waals surface area contributed by atoms with Gasteiger partial charge in [0.25, 0.3) is 5.91 Å². The smallest absolute Gasteiger partial charge is 0.255 e. The topological polar surface area (TPSA) is 50.4 Å². The molecule has 0 spiro atoms. The second-order valence-electron chi connectivity index (χ2n) is 5.42. The van der Waals surface area contributed by atoms with E-state index in [1.165, 1.54) is 12.1 Å². The Morgan fingerprint density at radius 2 is 1.79 bits per heavy atom. The van der Waals surface area contributed by atoms with Crippen molar-refractivity contribution < 1.29 is 13.9 Å². The van der Waals surface area contributed by atoms with Crippen LogP contribution < -0.4 is 15.4 Å². The SMILES string of the molecule is CCCNCCNC(=O)c1ccccc1OCc1ccc(F)cc1. The van der Waals surface area contributed by atoms with Crippen LogP contribution in [0.5, 0.6) is 5.75 Å². The molecule has 1 amide bonds. The van der Waals surface area contributed by atoms with E-state index < -0.39 is 0 Å². The first-order valence-corrected chi connectivity index (χ1v) is 8.16. The van der Waals surface area contributed by atoms with Crippen molar-refractivity contribution in [2.75, 3.05) is 19.6 Å². The number of benzene rings is 2. The minimum atomic E-state index is -0.282. The van der Waals surface area contributed by atoms with Gasteiger partial charge in [-0.1, -0.05) is 31.2 Å². The summed E-state index contributed by atoms with van der Waals surface area (Å²) in [5.41, 5.74) is 1.34. The van der Waals surface area contributed by atoms with E-state index in [-0.39, 0.29) is 18.3 Å². The molecule has 2 aromatic rings. The predicted octanol–water partition coefficient (Wildman–Crippen LogP) is 3.13. The molecule has 0 fully saturated rings. The molecule has 2 rings (SSSR count). The summed E-state index contributed by atoms with van der Waals surface area (Å²) in [6.07, 6.45) is 1.06. The Kier molecular flexibility index (Phi) is 7.23. The van der Waals surface area contributed by atoms with Crippen molar-refractivity contribution in [3.63, 3.8) is 0 Å². The van der Waals surface area contributed by atoms with Crippen molar-refractivity contribution in [2.24, 2.45) is 0 Å². The average Bonchev–Trinajstić information content (AvgIpc) is 2.61. The zero-order chi connectivity index (χ0) is 17.2. The second-order valence-corrected chi connectivity index (χ2v) is 5.42. The standard InChI is InChI=1S/C19H23FN2O2/c1-2-11-21-12-13-22-19(23)17-5-3-4-6-18(17)24-14-15-7-9-16(20)10-8-15/h3-10,21H,2,11-14H2,1H3,(H,22,23). The summed E-state index contributed by atoms with van der Waals surface area (Å²) in [6.45, 7) is 4.61. The molecule has 0 aliphatic heterocycles. The highest BCUT2D eigenvalue weighted by molar-refractivity contribution is 5.96. The molecule has 128 valence electrons. The van der Waals surface area contributed by atoms with E-state index in [0.29, 0.717) is 17.9 Å². The highest BCUT2D eigenvalue weighted by Gasteiger charge is 2.11. The third-order valence-electron chi connectivity index (χ3n) is 3.45. The monoisotopic (exact) mass is 330 g/mol. The van der Waals surface area contributed by atoms with Crippen LogP contribution in [0.2, 0.25) is 0 Å². The maximum Gasteiger partial charge on any atom is 0.255 e. The van der Waals surface area contributed by atoms with Gasteiger partial charge in [-0.3, -0.25) is 4.79 Å². The minimum Gasteiger partial charge on any atom is -0.488 e. The van der Waals surface area contributed by atoms with Crippen LogP contribution >= 0.6 is 0 Å². The lowest BCUT2D eigenvalue weighted by Gasteiger charge is -2.12. The van der Waals surface area contributed by atoms with Crippen LogP contribution in [0, 0.1) is 5.82 Å². The molecule has 0 aliphatic rings. The van der Waals surface area contributed by atoms with Crippen LogP contribution in [0.15, 0.2) is 48.5 Å². The van der Waals surface area contributed by atoms with Crippen molar-refractivity contribution in [1.82, 2.24) is 10.6 Å². The van der Waals surface area contributed by atoms with Crippen molar-refractivity contribution in [3.05, 3.63) is 65.5 Å². The summed E-state index contributed by atoms with van der Waals surface area (Å²) in [7, 11) is 0. The normalized spacial score (nSPS) is 10.4. The van der Waals surface area contributed by atoms with E-state index in [4.69, 9.17) is 4.74 Å². The largest absolute Gasteiger partial charge is 0.488 e. The molecule has 4 nitrogen and oxygen atoms in total. The van der Waals surface area contributed by atoms with Crippen LogP contribution in [-0.4, -0.2) is 25.5 Å². The predicted molar refractivity (Wildman–Crippen MR) is 92.7 cm³/mol. The summed E-state index contributed by atoms with van der Waals surface area (Å²) in [5, 5.41) is 6.10. The number of nitrogens with one attached hydrogen (secondary N) is 2. The molecular weight excluding hydrogens is 307 g/mol. The van der Waals surface area contributed by atoms with Gasteiger partial charge in [-0.25, -0.2) is 4.39 Å². The maximum absolute atomic E-state index is 12.9. The van der Waals surface area contributed by atoms with Crippen LogP contribution in [-0.2, 0) is 6.61 Å². The van der Waals surface area contributed by atoms with Crippen LogP contribution in [0.3, 0.4) is 0 Å². The lowest BCUT2D eigenvalue weighted by atomic mass is 10.2. The first-order valence-electron chi connectivity index (χ1n) is 8.16. The lowest BCUT2D eigenvalue weighted by Crippen LogP contribution is -2.32. The molecule has 5 heteroatoms. The quantitative estimate of drug-likeness (QED) is 0.695. The third kappa shape index (κ3) is 5.66. The van der Waals surface area contributed by atoms with Crippen molar-refractivity contribution in [3.8, 4) is 5.75 Å². The zero-order valence-corrected chi connectivity index (χ0v) is 13.8.